The second-order valence-corrected chi connectivity index (χ2v) is 6.11. The summed E-state index contributed by atoms with van der Waals surface area (Å²) in [6.07, 6.45) is -4.38. The maximum Gasteiger partial charge on any atom is 0.416 e. The number of carbonyl (C=O) groups is 2. The molecule has 0 spiro atoms. The van der Waals surface area contributed by atoms with E-state index in [1.165, 1.54) is 13.2 Å². The number of hydrogen-bond donors (Lipinski definition) is 2. The van der Waals surface area contributed by atoms with Crippen molar-refractivity contribution in [1.29, 1.82) is 0 Å². The normalized spacial score (nSPS) is 15.5. The van der Waals surface area contributed by atoms with Gasteiger partial charge in [0.2, 0.25) is 5.91 Å². The Hall–Kier alpha value is -2.33. The molecule has 0 saturated carbocycles. The molecule has 1 aliphatic heterocycles. The molecule has 0 bridgehead atoms. The van der Waals surface area contributed by atoms with Crippen LogP contribution in [0.4, 0.5) is 23.7 Å². The van der Waals surface area contributed by atoms with E-state index >= 15 is 0 Å². The number of benzene rings is 1. The zero-order valence-corrected chi connectivity index (χ0v) is 15.0. The van der Waals surface area contributed by atoms with Gasteiger partial charge in [0.15, 0.2) is 0 Å². The standard InChI is InChI=1S/C17H23F3N4O3/c1-27-10-5-21-16(26)22-15(25)12-23-6-8-24(9-7-23)14-4-2-3-13(11-14)17(18,19)20/h2-4,11H,5-10,12H2,1H3,(H2,21,22,25,26). The molecule has 0 radical (unpaired) electrons. The maximum atomic E-state index is 12.8. The van der Waals surface area contributed by atoms with Crippen LogP contribution in [0, 0.1) is 0 Å². The minimum absolute atomic E-state index is 0.0497. The first kappa shape index (κ1) is 21.0. The second kappa shape index (κ2) is 9.56. The molecule has 1 heterocycles. The molecule has 1 fully saturated rings. The highest BCUT2D eigenvalue weighted by Crippen LogP contribution is 2.31. The van der Waals surface area contributed by atoms with E-state index in [1.54, 1.807) is 6.07 Å². The van der Waals surface area contributed by atoms with Gasteiger partial charge in [0.1, 0.15) is 0 Å². The Bertz CT molecular complexity index is 647. The number of carbonyl (C=O) groups excluding carboxylic acids is 2. The van der Waals surface area contributed by atoms with Gasteiger partial charge in [-0.15, -0.1) is 0 Å². The Morgan fingerprint density at radius 1 is 1.19 bits per heavy atom. The number of anilines is 1. The summed E-state index contributed by atoms with van der Waals surface area (Å²) in [6, 6.07) is 4.62. The minimum Gasteiger partial charge on any atom is -0.383 e. The summed E-state index contributed by atoms with van der Waals surface area (Å²) in [5, 5.41) is 4.71. The van der Waals surface area contributed by atoms with Crippen LogP contribution in [0.5, 0.6) is 0 Å². The Morgan fingerprint density at radius 2 is 1.89 bits per heavy atom. The van der Waals surface area contributed by atoms with Crippen molar-refractivity contribution in [3.8, 4) is 0 Å². The molecule has 10 heteroatoms. The van der Waals surface area contributed by atoms with E-state index in [0.717, 1.165) is 12.1 Å². The third-order valence-electron chi connectivity index (χ3n) is 4.12. The van der Waals surface area contributed by atoms with Gasteiger partial charge in [-0.2, -0.15) is 13.2 Å². The Balaban J connectivity index is 1.78. The van der Waals surface area contributed by atoms with Gasteiger partial charge in [-0.05, 0) is 18.2 Å². The summed E-state index contributed by atoms with van der Waals surface area (Å²) in [7, 11) is 1.50. The number of nitrogens with zero attached hydrogens (tertiary/aromatic N) is 2. The number of nitrogens with one attached hydrogen (secondary N) is 2. The van der Waals surface area contributed by atoms with Crippen molar-refractivity contribution in [3.63, 3.8) is 0 Å². The van der Waals surface area contributed by atoms with E-state index in [0.29, 0.717) is 45.0 Å². The van der Waals surface area contributed by atoms with Crippen molar-refractivity contribution >= 4 is 17.6 Å². The number of imide groups is 1. The first-order chi connectivity index (χ1) is 12.8. The van der Waals surface area contributed by atoms with Crippen LogP contribution in [0.3, 0.4) is 0 Å². The molecule has 2 rings (SSSR count). The van der Waals surface area contributed by atoms with Gasteiger partial charge in [0.25, 0.3) is 0 Å². The average molecular weight is 388 g/mol. The topological polar surface area (TPSA) is 73.9 Å². The van der Waals surface area contributed by atoms with E-state index in [2.05, 4.69) is 10.6 Å². The third-order valence-corrected chi connectivity index (χ3v) is 4.12. The highest BCUT2D eigenvalue weighted by Gasteiger charge is 2.31. The number of halogens is 3. The molecule has 3 amide bonds. The highest BCUT2D eigenvalue weighted by molar-refractivity contribution is 5.95. The Morgan fingerprint density at radius 3 is 2.52 bits per heavy atom. The summed E-state index contributed by atoms with van der Waals surface area (Å²) in [5.74, 6) is -0.433. The lowest BCUT2D eigenvalue weighted by Gasteiger charge is -2.35. The van der Waals surface area contributed by atoms with Crippen molar-refractivity contribution in [2.75, 3.05) is 57.9 Å². The fourth-order valence-corrected chi connectivity index (χ4v) is 2.72. The zero-order valence-electron chi connectivity index (χ0n) is 15.0. The summed E-state index contributed by atoms with van der Waals surface area (Å²) in [6.45, 7) is 2.70. The molecular formula is C17H23F3N4O3. The van der Waals surface area contributed by atoms with Crippen molar-refractivity contribution < 1.29 is 27.5 Å². The molecule has 7 nitrogen and oxygen atoms in total. The first-order valence-corrected chi connectivity index (χ1v) is 8.51. The number of alkyl halides is 3. The lowest BCUT2D eigenvalue weighted by atomic mass is 10.1. The van der Waals surface area contributed by atoms with Crippen LogP contribution in [0.25, 0.3) is 0 Å². The summed E-state index contributed by atoms with van der Waals surface area (Å²) < 4.78 is 43.3. The SMILES string of the molecule is COCCNC(=O)NC(=O)CN1CCN(c2cccc(C(F)(F)F)c2)CC1. The van der Waals surface area contributed by atoms with Crippen LogP contribution >= 0.6 is 0 Å². The van der Waals surface area contributed by atoms with E-state index < -0.39 is 23.7 Å². The number of methoxy groups -OCH3 is 1. The van der Waals surface area contributed by atoms with Gasteiger partial charge in [-0.3, -0.25) is 15.0 Å². The van der Waals surface area contributed by atoms with Gasteiger partial charge in [-0.1, -0.05) is 6.07 Å². The largest absolute Gasteiger partial charge is 0.416 e. The molecule has 1 saturated heterocycles. The predicted octanol–water partition coefficient (Wildman–Crippen LogP) is 1.30. The van der Waals surface area contributed by atoms with Gasteiger partial charge < -0.3 is 15.0 Å². The number of hydrogen-bond acceptors (Lipinski definition) is 5. The zero-order chi connectivity index (χ0) is 19.9. The molecule has 0 aromatic heterocycles. The number of urea groups is 1. The summed E-state index contributed by atoms with van der Waals surface area (Å²) >= 11 is 0. The van der Waals surface area contributed by atoms with E-state index in [-0.39, 0.29) is 6.54 Å². The summed E-state index contributed by atoms with van der Waals surface area (Å²) in [4.78, 5) is 27.1. The molecular weight excluding hydrogens is 365 g/mol. The molecule has 2 N–H and O–H groups in total. The third kappa shape index (κ3) is 6.72. The Labute approximate surface area is 155 Å². The molecule has 1 aromatic carbocycles. The molecule has 1 aliphatic rings. The molecule has 1 aromatic rings. The van der Waals surface area contributed by atoms with E-state index in [4.69, 9.17) is 4.74 Å². The number of piperazine rings is 1. The first-order valence-electron chi connectivity index (χ1n) is 8.51. The van der Waals surface area contributed by atoms with Gasteiger partial charge >= 0.3 is 12.2 Å². The minimum atomic E-state index is -4.38. The molecule has 0 aliphatic carbocycles. The maximum absolute atomic E-state index is 12.8. The van der Waals surface area contributed by atoms with Gasteiger partial charge in [0.05, 0.1) is 18.7 Å². The monoisotopic (exact) mass is 388 g/mol. The summed E-state index contributed by atoms with van der Waals surface area (Å²) in [5.41, 5.74) is -0.173. The fourth-order valence-electron chi connectivity index (χ4n) is 2.72. The lowest BCUT2D eigenvalue weighted by Crippen LogP contribution is -2.51. The van der Waals surface area contributed by atoms with Crippen LogP contribution in [0.2, 0.25) is 0 Å². The molecule has 0 unspecified atom stereocenters. The Kier molecular flexibility index (Phi) is 7.43. The van der Waals surface area contributed by atoms with E-state index in [9.17, 15) is 22.8 Å². The highest BCUT2D eigenvalue weighted by atomic mass is 19.4. The molecule has 150 valence electrons. The van der Waals surface area contributed by atoms with Crippen LogP contribution in [-0.4, -0.2) is 69.8 Å². The quantitative estimate of drug-likeness (QED) is 0.719. The van der Waals surface area contributed by atoms with Crippen LogP contribution in [0.1, 0.15) is 5.56 Å². The molecule has 0 atom stereocenters. The van der Waals surface area contributed by atoms with Gasteiger partial charge in [0, 0.05) is 45.5 Å². The van der Waals surface area contributed by atoms with Crippen molar-refractivity contribution in [2.24, 2.45) is 0 Å². The van der Waals surface area contributed by atoms with Gasteiger partial charge in [-0.25, -0.2) is 4.79 Å². The van der Waals surface area contributed by atoms with Crippen LogP contribution in [0.15, 0.2) is 24.3 Å². The average Bonchev–Trinajstić information content (AvgIpc) is 2.62. The molecule has 27 heavy (non-hydrogen) atoms. The number of rotatable bonds is 6. The fraction of sp³-hybridized carbons (Fsp3) is 0.529. The van der Waals surface area contributed by atoms with E-state index in [1.807, 2.05) is 9.80 Å². The van der Waals surface area contributed by atoms with Crippen molar-refractivity contribution in [1.82, 2.24) is 15.5 Å². The lowest BCUT2D eigenvalue weighted by molar-refractivity contribution is -0.137. The smallest absolute Gasteiger partial charge is 0.383 e. The second-order valence-electron chi connectivity index (χ2n) is 6.11. The predicted molar refractivity (Wildman–Crippen MR) is 93.5 cm³/mol. The van der Waals surface area contributed by atoms with Crippen molar-refractivity contribution in [2.45, 2.75) is 6.18 Å². The van der Waals surface area contributed by atoms with Crippen LogP contribution < -0.4 is 15.5 Å². The van der Waals surface area contributed by atoms with Crippen LogP contribution in [-0.2, 0) is 15.7 Å². The number of ether oxygens (including phenoxy) is 1. The van der Waals surface area contributed by atoms with Crippen molar-refractivity contribution in [3.05, 3.63) is 29.8 Å². The number of amides is 3.